The van der Waals surface area contributed by atoms with Crippen molar-refractivity contribution in [3.05, 3.63) is 0 Å². The molecule has 1 heterocycles. The van der Waals surface area contributed by atoms with E-state index in [-0.39, 0.29) is 6.61 Å². The lowest BCUT2D eigenvalue weighted by atomic mass is 9.99. The van der Waals surface area contributed by atoms with Crippen LogP contribution in [-0.2, 0) is 14.2 Å². The number of aliphatic hydroxyl groups excluding tert-OH is 3. The molecule has 1 aliphatic rings. The summed E-state index contributed by atoms with van der Waals surface area (Å²) in [6, 6.07) is 0. The first-order valence-electron chi connectivity index (χ1n) is 4.33. The molecule has 1 fully saturated rings. The lowest BCUT2D eigenvalue weighted by molar-refractivity contribution is -0.298. The molecular formula is C8H16O6. The zero-order valence-corrected chi connectivity index (χ0v) is 8.16. The van der Waals surface area contributed by atoms with Crippen LogP contribution in [0.15, 0.2) is 0 Å². The molecule has 1 saturated heterocycles. The fourth-order valence-electron chi connectivity index (χ4n) is 1.54. The molecule has 84 valence electrons. The number of hydrogen-bond acceptors (Lipinski definition) is 6. The van der Waals surface area contributed by atoms with Crippen LogP contribution >= 0.6 is 0 Å². The largest absolute Gasteiger partial charge is 0.394 e. The molecule has 0 radical (unpaired) electrons. The van der Waals surface area contributed by atoms with Crippen LogP contribution in [0.25, 0.3) is 0 Å². The van der Waals surface area contributed by atoms with Gasteiger partial charge in [0.2, 0.25) is 0 Å². The summed E-state index contributed by atoms with van der Waals surface area (Å²) < 4.78 is 14.9. The quantitative estimate of drug-likeness (QED) is 0.501. The first-order chi connectivity index (χ1) is 6.65. The van der Waals surface area contributed by atoms with E-state index in [1.54, 1.807) is 0 Å². The van der Waals surface area contributed by atoms with Crippen molar-refractivity contribution in [2.75, 3.05) is 20.8 Å². The lowest BCUT2D eigenvalue weighted by Gasteiger charge is -2.40. The van der Waals surface area contributed by atoms with Gasteiger partial charge in [-0.2, -0.15) is 0 Å². The fraction of sp³-hybridized carbons (Fsp3) is 1.00. The van der Waals surface area contributed by atoms with E-state index in [1.165, 1.54) is 14.2 Å². The zero-order valence-electron chi connectivity index (χ0n) is 8.16. The van der Waals surface area contributed by atoms with E-state index < -0.39 is 30.7 Å². The molecule has 0 spiro atoms. The van der Waals surface area contributed by atoms with E-state index in [0.717, 1.165) is 0 Å². The van der Waals surface area contributed by atoms with Crippen molar-refractivity contribution in [3.8, 4) is 0 Å². The van der Waals surface area contributed by atoms with Crippen molar-refractivity contribution < 1.29 is 29.5 Å². The van der Waals surface area contributed by atoms with Gasteiger partial charge in [0.05, 0.1) is 6.61 Å². The minimum atomic E-state index is -1.17. The fourth-order valence-corrected chi connectivity index (χ4v) is 1.54. The van der Waals surface area contributed by atoms with Gasteiger partial charge >= 0.3 is 0 Å². The maximum atomic E-state index is 9.59. The Hall–Kier alpha value is -0.240. The van der Waals surface area contributed by atoms with Gasteiger partial charge in [-0.1, -0.05) is 0 Å². The van der Waals surface area contributed by atoms with Crippen LogP contribution < -0.4 is 0 Å². The highest BCUT2D eigenvalue weighted by atomic mass is 16.7. The molecule has 0 saturated carbocycles. The third kappa shape index (κ3) is 2.05. The van der Waals surface area contributed by atoms with Gasteiger partial charge in [-0.05, 0) is 0 Å². The molecule has 2 unspecified atom stereocenters. The second-order valence-corrected chi connectivity index (χ2v) is 3.14. The van der Waals surface area contributed by atoms with Gasteiger partial charge in [-0.25, -0.2) is 0 Å². The summed E-state index contributed by atoms with van der Waals surface area (Å²) >= 11 is 0. The summed E-state index contributed by atoms with van der Waals surface area (Å²) in [7, 11) is 2.72. The molecule has 6 heteroatoms. The van der Waals surface area contributed by atoms with E-state index in [1.807, 2.05) is 0 Å². The van der Waals surface area contributed by atoms with Crippen LogP contribution in [0.3, 0.4) is 0 Å². The molecule has 14 heavy (non-hydrogen) atoms. The number of rotatable bonds is 3. The van der Waals surface area contributed by atoms with Gasteiger partial charge in [0.15, 0.2) is 6.29 Å². The molecule has 5 atom stereocenters. The maximum absolute atomic E-state index is 9.59. The van der Waals surface area contributed by atoms with Crippen molar-refractivity contribution in [3.63, 3.8) is 0 Å². The van der Waals surface area contributed by atoms with Crippen molar-refractivity contribution in [1.82, 2.24) is 0 Å². The molecule has 0 aromatic rings. The minimum absolute atomic E-state index is 0.303. The number of hydrogen-bond donors (Lipinski definition) is 3. The molecule has 0 aromatic carbocycles. The van der Waals surface area contributed by atoms with Gasteiger partial charge in [0.25, 0.3) is 0 Å². The van der Waals surface area contributed by atoms with E-state index in [0.29, 0.717) is 0 Å². The van der Waals surface area contributed by atoms with Crippen molar-refractivity contribution in [2.24, 2.45) is 0 Å². The molecule has 0 amide bonds. The SMILES string of the molecule is CO[C@@H]1O[C@@H](CO)[C@@H](OC)C(O)C1O. The van der Waals surface area contributed by atoms with E-state index in [2.05, 4.69) is 0 Å². The predicted octanol–water partition coefficient (Wildman–Crippen LogP) is -1.91. The Kier molecular flexibility index (Phi) is 4.24. The van der Waals surface area contributed by atoms with Crippen LogP contribution in [0.4, 0.5) is 0 Å². The molecule has 3 N–H and O–H groups in total. The highest BCUT2D eigenvalue weighted by molar-refractivity contribution is 4.89. The first-order valence-corrected chi connectivity index (χ1v) is 4.33. The van der Waals surface area contributed by atoms with Crippen molar-refractivity contribution in [2.45, 2.75) is 30.7 Å². The Bertz CT molecular complexity index is 173. The third-order valence-corrected chi connectivity index (χ3v) is 2.33. The maximum Gasteiger partial charge on any atom is 0.186 e. The molecule has 0 aromatic heterocycles. The van der Waals surface area contributed by atoms with Crippen LogP contribution in [0, 0.1) is 0 Å². The predicted molar refractivity (Wildman–Crippen MR) is 45.6 cm³/mol. The standard InChI is InChI=1S/C8H16O6/c1-12-7-4(3-9)14-8(13-2)6(11)5(7)10/h4-11H,3H2,1-2H3/t4-,5?,6?,7+,8+/m0/s1. The second-order valence-electron chi connectivity index (χ2n) is 3.14. The Balaban J connectivity index is 2.71. The topological polar surface area (TPSA) is 88.4 Å². The lowest BCUT2D eigenvalue weighted by Crippen LogP contribution is -2.59. The highest BCUT2D eigenvalue weighted by Gasteiger charge is 2.44. The van der Waals surface area contributed by atoms with Gasteiger partial charge in [0.1, 0.15) is 24.4 Å². The number of aliphatic hydroxyl groups is 3. The second kappa shape index (κ2) is 5.01. The Morgan fingerprint density at radius 1 is 1.14 bits per heavy atom. The molecule has 1 aliphatic heterocycles. The normalized spacial score (nSPS) is 43.9. The summed E-state index contributed by atoms with van der Waals surface area (Å²) in [4.78, 5) is 0. The number of ether oxygens (including phenoxy) is 3. The average molecular weight is 208 g/mol. The molecule has 6 nitrogen and oxygen atoms in total. The molecular weight excluding hydrogens is 192 g/mol. The van der Waals surface area contributed by atoms with E-state index in [4.69, 9.17) is 19.3 Å². The summed E-state index contributed by atoms with van der Waals surface area (Å²) in [5.41, 5.74) is 0. The zero-order chi connectivity index (χ0) is 10.7. The van der Waals surface area contributed by atoms with E-state index >= 15 is 0 Å². The van der Waals surface area contributed by atoms with Crippen LogP contribution in [0.1, 0.15) is 0 Å². The Morgan fingerprint density at radius 2 is 1.79 bits per heavy atom. The molecule has 1 rings (SSSR count). The van der Waals surface area contributed by atoms with Gasteiger partial charge < -0.3 is 29.5 Å². The third-order valence-electron chi connectivity index (χ3n) is 2.33. The Morgan fingerprint density at radius 3 is 2.21 bits per heavy atom. The smallest absolute Gasteiger partial charge is 0.186 e. The number of methoxy groups -OCH3 is 2. The molecule has 0 aliphatic carbocycles. The minimum Gasteiger partial charge on any atom is -0.394 e. The summed E-state index contributed by atoms with van der Waals surface area (Å²) in [6.07, 6.45) is -4.68. The van der Waals surface area contributed by atoms with Crippen molar-refractivity contribution >= 4 is 0 Å². The van der Waals surface area contributed by atoms with Gasteiger partial charge in [0, 0.05) is 14.2 Å². The van der Waals surface area contributed by atoms with E-state index in [9.17, 15) is 10.2 Å². The van der Waals surface area contributed by atoms with Crippen molar-refractivity contribution in [1.29, 1.82) is 0 Å². The molecule has 0 bridgehead atoms. The first kappa shape index (κ1) is 11.8. The van der Waals surface area contributed by atoms with Gasteiger partial charge in [-0.15, -0.1) is 0 Å². The van der Waals surface area contributed by atoms with Gasteiger partial charge in [-0.3, -0.25) is 0 Å². The van der Waals surface area contributed by atoms with Crippen LogP contribution in [0.2, 0.25) is 0 Å². The van der Waals surface area contributed by atoms with Crippen LogP contribution in [-0.4, -0.2) is 66.9 Å². The summed E-state index contributed by atoms with van der Waals surface area (Å²) in [6.45, 7) is -0.303. The summed E-state index contributed by atoms with van der Waals surface area (Å²) in [5, 5.41) is 28.0. The summed E-state index contributed by atoms with van der Waals surface area (Å²) in [5.74, 6) is 0. The Labute approximate surface area is 82.0 Å². The monoisotopic (exact) mass is 208 g/mol. The average Bonchev–Trinajstić information content (AvgIpc) is 2.21. The highest BCUT2D eigenvalue weighted by Crippen LogP contribution is 2.23. The van der Waals surface area contributed by atoms with Crippen LogP contribution in [0.5, 0.6) is 0 Å².